The molecule has 1 fully saturated rings. The van der Waals surface area contributed by atoms with E-state index in [4.69, 9.17) is 0 Å². The average molecular weight is 683 g/mol. The first-order valence-corrected chi connectivity index (χ1v) is 15.9. The highest BCUT2D eigenvalue weighted by Crippen LogP contribution is 2.21. The Labute approximate surface area is 284 Å². The van der Waals surface area contributed by atoms with Gasteiger partial charge in [-0.2, -0.15) is 0 Å². The lowest BCUT2D eigenvalue weighted by atomic mass is 10.0. The van der Waals surface area contributed by atoms with Gasteiger partial charge in [-0.15, -0.1) is 0 Å². The van der Waals surface area contributed by atoms with Gasteiger partial charge in [0.15, 0.2) is 11.6 Å². The standard InChI is InChI=1S/C36H33F3N8O3/c1-46-13-10-25(11-14-46)43-34(49)27-7-6-26(17-30(27)38)44-36-42-18-24-15-22(5-9-32(24)45-36)3-2-12-41-33(48)28-19-40-21-47(35(28)50)20-23-4-8-29(37)31(39)16-23/h2-9,15-19,21,25H,10-14,20H2,1H3,(H,41,48)(H,43,49)(H,42,44,45). The molecule has 3 N–H and O–H groups in total. The number of hydrogen-bond acceptors (Lipinski definition) is 8. The van der Waals surface area contributed by atoms with E-state index in [-0.39, 0.29) is 36.2 Å². The van der Waals surface area contributed by atoms with Gasteiger partial charge in [0.25, 0.3) is 17.4 Å². The highest BCUT2D eigenvalue weighted by molar-refractivity contribution is 5.95. The molecule has 0 spiro atoms. The highest BCUT2D eigenvalue weighted by Gasteiger charge is 2.21. The number of fused-ring (bicyclic) bond motifs is 1. The second-order valence-electron chi connectivity index (χ2n) is 12.0. The van der Waals surface area contributed by atoms with Crippen LogP contribution in [0.15, 0.2) is 84.2 Å². The third kappa shape index (κ3) is 8.21. The molecule has 2 amide bonds. The molecule has 0 atom stereocenters. The summed E-state index contributed by atoms with van der Waals surface area (Å²) in [6, 6.07) is 13.1. The van der Waals surface area contributed by atoms with Gasteiger partial charge in [0, 0.05) is 36.1 Å². The van der Waals surface area contributed by atoms with Gasteiger partial charge < -0.3 is 20.9 Å². The fourth-order valence-electron chi connectivity index (χ4n) is 5.53. The number of piperidine rings is 1. The van der Waals surface area contributed by atoms with E-state index in [2.05, 4.69) is 35.8 Å². The van der Waals surface area contributed by atoms with E-state index in [1.165, 1.54) is 24.5 Å². The van der Waals surface area contributed by atoms with Gasteiger partial charge in [-0.25, -0.2) is 28.1 Å². The molecular formula is C36H33F3N8O3. The molecule has 256 valence electrons. The van der Waals surface area contributed by atoms with E-state index in [1.54, 1.807) is 30.5 Å². The quantitative estimate of drug-likeness (QED) is 0.194. The molecule has 0 bridgehead atoms. The Morgan fingerprint density at radius 1 is 0.920 bits per heavy atom. The zero-order chi connectivity index (χ0) is 35.2. The minimum Gasteiger partial charge on any atom is -0.349 e. The first kappa shape index (κ1) is 34.0. The Morgan fingerprint density at radius 3 is 2.52 bits per heavy atom. The predicted molar refractivity (Wildman–Crippen MR) is 183 cm³/mol. The van der Waals surface area contributed by atoms with Crippen LogP contribution in [-0.2, 0) is 6.54 Å². The van der Waals surface area contributed by atoms with Crippen LogP contribution < -0.4 is 21.5 Å². The van der Waals surface area contributed by atoms with E-state index >= 15 is 0 Å². The molecule has 0 radical (unpaired) electrons. The Kier molecular flexibility index (Phi) is 10.3. The molecule has 2 aromatic heterocycles. The van der Waals surface area contributed by atoms with Crippen LogP contribution in [0.5, 0.6) is 0 Å². The molecule has 0 saturated carbocycles. The summed E-state index contributed by atoms with van der Waals surface area (Å²) in [6.45, 7) is 1.80. The number of halogens is 3. The predicted octanol–water partition coefficient (Wildman–Crippen LogP) is 4.66. The lowest BCUT2D eigenvalue weighted by Crippen LogP contribution is -2.43. The summed E-state index contributed by atoms with van der Waals surface area (Å²) >= 11 is 0. The van der Waals surface area contributed by atoms with E-state index < -0.39 is 34.8 Å². The number of anilines is 2. The van der Waals surface area contributed by atoms with Gasteiger partial charge in [-0.3, -0.25) is 19.0 Å². The monoisotopic (exact) mass is 682 g/mol. The summed E-state index contributed by atoms with van der Waals surface area (Å²) in [7, 11) is 2.03. The van der Waals surface area contributed by atoms with Crippen LogP contribution in [0, 0.1) is 17.5 Å². The number of carbonyl (C=O) groups excluding carboxylic acids is 2. The molecule has 3 aromatic carbocycles. The van der Waals surface area contributed by atoms with E-state index in [0.29, 0.717) is 16.8 Å². The molecule has 3 heterocycles. The Hall–Kier alpha value is -5.89. The number of amides is 2. The fourth-order valence-corrected chi connectivity index (χ4v) is 5.53. The lowest BCUT2D eigenvalue weighted by Gasteiger charge is -2.29. The molecule has 1 saturated heterocycles. The summed E-state index contributed by atoms with van der Waals surface area (Å²) < 4.78 is 42.8. The summed E-state index contributed by atoms with van der Waals surface area (Å²) in [5.41, 5.74) is 1.35. The maximum Gasteiger partial charge on any atom is 0.266 e. The third-order valence-electron chi connectivity index (χ3n) is 8.30. The van der Waals surface area contributed by atoms with Crippen molar-refractivity contribution in [3.05, 3.63) is 129 Å². The van der Waals surface area contributed by atoms with Crippen molar-refractivity contribution in [3.63, 3.8) is 0 Å². The SMILES string of the molecule is CN1CCC(NC(=O)c2ccc(Nc3ncc4cc(C=CCNC(=O)c5cncn(Cc6ccc(F)c(F)c6)c5=O)ccc4n3)cc2F)CC1. The topological polar surface area (TPSA) is 134 Å². The zero-order valence-corrected chi connectivity index (χ0v) is 27.0. The molecule has 11 nitrogen and oxygen atoms in total. The number of likely N-dealkylation sites (tertiary alicyclic amines) is 1. The summed E-state index contributed by atoms with van der Waals surface area (Å²) in [6.07, 6.45) is 9.13. The number of carbonyl (C=O) groups is 2. The van der Waals surface area contributed by atoms with Gasteiger partial charge >= 0.3 is 0 Å². The maximum atomic E-state index is 14.9. The number of aromatic nitrogens is 4. The van der Waals surface area contributed by atoms with Gasteiger partial charge in [-0.1, -0.05) is 24.3 Å². The molecular weight excluding hydrogens is 649 g/mol. The van der Waals surface area contributed by atoms with Crippen molar-refractivity contribution in [1.82, 2.24) is 35.1 Å². The molecule has 50 heavy (non-hydrogen) atoms. The highest BCUT2D eigenvalue weighted by atomic mass is 19.2. The molecule has 1 aliphatic rings. The normalized spacial score (nSPS) is 13.8. The molecule has 0 aliphatic carbocycles. The van der Waals surface area contributed by atoms with Crippen LogP contribution in [0.2, 0.25) is 0 Å². The lowest BCUT2D eigenvalue weighted by molar-refractivity contribution is 0.0911. The van der Waals surface area contributed by atoms with Crippen molar-refractivity contribution in [3.8, 4) is 0 Å². The smallest absolute Gasteiger partial charge is 0.266 e. The van der Waals surface area contributed by atoms with Gasteiger partial charge in [0.1, 0.15) is 11.4 Å². The first-order chi connectivity index (χ1) is 24.1. The summed E-state index contributed by atoms with van der Waals surface area (Å²) in [5.74, 6) is -3.49. The summed E-state index contributed by atoms with van der Waals surface area (Å²) in [5, 5.41) is 9.30. The zero-order valence-electron chi connectivity index (χ0n) is 27.0. The number of nitrogens with zero attached hydrogens (tertiary/aromatic N) is 5. The van der Waals surface area contributed by atoms with E-state index in [0.717, 1.165) is 59.8 Å². The Bertz CT molecular complexity index is 2150. The minimum atomic E-state index is -1.04. The second-order valence-corrected chi connectivity index (χ2v) is 12.0. The van der Waals surface area contributed by atoms with Gasteiger partial charge in [-0.05, 0) is 86.6 Å². The maximum absolute atomic E-state index is 14.9. The summed E-state index contributed by atoms with van der Waals surface area (Å²) in [4.78, 5) is 53.1. The molecule has 1 aliphatic heterocycles. The van der Waals surface area contributed by atoms with E-state index in [1.807, 2.05) is 19.2 Å². The number of nitrogens with one attached hydrogen (secondary N) is 3. The van der Waals surface area contributed by atoms with Gasteiger partial charge in [0.2, 0.25) is 5.95 Å². The van der Waals surface area contributed by atoms with Crippen LogP contribution in [0.3, 0.4) is 0 Å². The van der Waals surface area contributed by atoms with Crippen molar-refractivity contribution < 1.29 is 22.8 Å². The molecule has 6 rings (SSSR count). The average Bonchev–Trinajstić information content (AvgIpc) is 3.10. The van der Waals surface area contributed by atoms with Crippen LogP contribution in [-0.4, -0.2) is 69.0 Å². The minimum absolute atomic E-state index is 0.0215. The van der Waals surface area contributed by atoms with Crippen molar-refractivity contribution >= 4 is 40.4 Å². The Morgan fingerprint density at radius 2 is 1.74 bits per heavy atom. The second kappa shape index (κ2) is 15.1. The first-order valence-electron chi connectivity index (χ1n) is 15.9. The van der Waals surface area contributed by atoms with E-state index in [9.17, 15) is 27.6 Å². The Balaban J connectivity index is 1.03. The van der Waals surface area contributed by atoms with Crippen molar-refractivity contribution in [2.45, 2.75) is 25.4 Å². The molecule has 14 heteroatoms. The largest absolute Gasteiger partial charge is 0.349 e. The number of hydrogen-bond donors (Lipinski definition) is 3. The fraction of sp³-hybridized carbons (Fsp3) is 0.222. The van der Waals surface area contributed by atoms with Crippen molar-refractivity contribution in [1.29, 1.82) is 0 Å². The number of benzene rings is 3. The van der Waals surface area contributed by atoms with Gasteiger partial charge in [0.05, 0.1) is 24.0 Å². The van der Waals surface area contributed by atoms with Crippen LogP contribution in [0.1, 0.15) is 44.7 Å². The molecule has 5 aromatic rings. The number of rotatable bonds is 10. The van der Waals surface area contributed by atoms with Crippen molar-refractivity contribution in [2.24, 2.45) is 0 Å². The molecule has 0 unspecified atom stereocenters. The third-order valence-corrected chi connectivity index (χ3v) is 8.30. The van der Waals surface area contributed by atoms with Crippen LogP contribution in [0.4, 0.5) is 24.8 Å². The van der Waals surface area contributed by atoms with Crippen LogP contribution >= 0.6 is 0 Å². The van der Waals surface area contributed by atoms with Crippen molar-refractivity contribution in [2.75, 3.05) is 32.0 Å². The van der Waals surface area contributed by atoms with Crippen LogP contribution in [0.25, 0.3) is 17.0 Å².